The van der Waals surface area contributed by atoms with E-state index in [1.165, 1.54) is 6.33 Å². The number of nitrogens with one attached hydrogen (secondary N) is 2. The van der Waals surface area contributed by atoms with Crippen LogP contribution in [0, 0.1) is 11.8 Å². The number of H-pyrrole nitrogens is 1. The summed E-state index contributed by atoms with van der Waals surface area (Å²) in [6.45, 7) is 4.85. The summed E-state index contributed by atoms with van der Waals surface area (Å²) < 4.78 is 0. The first kappa shape index (κ1) is 26.4. The van der Waals surface area contributed by atoms with Crippen molar-refractivity contribution < 1.29 is 14.7 Å². The highest BCUT2D eigenvalue weighted by atomic mass is 16.3. The molecule has 3 heterocycles. The first-order chi connectivity index (χ1) is 18.2. The fourth-order valence-corrected chi connectivity index (χ4v) is 4.23. The summed E-state index contributed by atoms with van der Waals surface area (Å²) in [5.74, 6) is 5.32. The van der Waals surface area contributed by atoms with Gasteiger partial charge in [-0.2, -0.15) is 0 Å². The van der Waals surface area contributed by atoms with Crippen LogP contribution in [0.1, 0.15) is 48.0 Å². The summed E-state index contributed by atoms with van der Waals surface area (Å²) in [5, 5.41) is 12.9. The van der Waals surface area contributed by atoms with Gasteiger partial charge in [0.2, 0.25) is 11.7 Å². The Balaban J connectivity index is 1.44. The average Bonchev–Trinajstić information content (AvgIpc) is 3.22. The van der Waals surface area contributed by atoms with Crippen molar-refractivity contribution in [1.29, 1.82) is 0 Å². The van der Waals surface area contributed by atoms with E-state index in [1.54, 1.807) is 16.0 Å². The maximum Gasteiger partial charge on any atom is 0.321 e. The molecule has 1 aliphatic rings. The molecular formula is C27H29N7O4. The Morgan fingerprint density at radius 2 is 1.87 bits per heavy atom. The van der Waals surface area contributed by atoms with Crippen LogP contribution in [0.25, 0.3) is 0 Å². The number of pyridine rings is 1. The first-order valence-electron chi connectivity index (χ1n) is 12.1. The lowest BCUT2D eigenvalue weighted by Crippen LogP contribution is -2.37. The smallest absolute Gasteiger partial charge is 0.321 e. The quantitative estimate of drug-likeness (QED) is 0.329. The molecule has 1 aliphatic heterocycles. The van der Waals surface area contributed by atoms with E-state index in [0.717, 1.165) is 22.4 Å². The Hall–Kier alpha value is -4.69. The van der Waals surface area contributed by atoms with Crippen LogP contribution in [0.5, 0.6) is 5.75 Å². The number of hydrogen-bond donors (Lipinski definition) is 4. The lowest BCUT2D eigenvalue weighted by atomic mass is 10.0. The second-order valence-electron chi connectivity index (χ2n) is 9.19. The Labute approximate surface area is 219 Å². The number of aromatic nitrogens is 3. The predicted octanol–water partition coefficient (Wildman–Crippen LogP) is 1.23. The molecule has 0 saturated carbocycles. The second-order valence-corrected chi connectivity index (χ2v) is 9.19. The molecule has 11 heteroatoms. The second kappa shape index (κ2) is 11.6. The van der Waals surface area contributed by atoms with Crippen LogP contribution >= 0.6 is 0 Å². The van der Waals surface area contributed by atoms with Gasteiger partial charge in [-0.15, -0.1) is 0 Å². The topological polar surface area (TPSA) is 158 Å². The Bertz CT molecular complexity index is 1420. The molecule has 11 nitrogen and oxygen atoms in total. The van der Waals surface area contributed by atoms with Gasteiger partial charge in [0.15, 0.2) is 0 Å². The predicted molar refractivity (Wildman–Crippen MR) is 140 cm³/mol. The molecule has 1 atom stereocenters. The van der Waals surface area contributed by atoms with Crippen LogP contribution in [0.15, 0.2) is 53.7 Å². The molecule has 4 rings (SSSR count). The summed E-state index contributed by atoms with van der Waals surface area (Å²) in [7, 11) is 0. The molecule has 1 fully saturated rings. The maximum absolute atomic E-state index is 13.2. The minimum absolute atomic E-state index is 0.0336. The SMILES string of the molecule is CC(C)N1C(=O)N(Cc2nc[nH]c(=O)c2O)CC1c1ccc(C#Cc2ccc(CNCC(N)=O)nc2)cc1. The number of nitrogens with two attached hydrogens (primary N) is 1. The summed E-state index contributed by atoms with van der Waals surface area (Å²) in [6.07, 6.45) is 2.89. The summed E-state index contributed by atoms with van der Waals surface area (Å²) in [4.78, 5) is 49.7. The van der Waals surface area contributed by atoms with Crippen LogP contribution < -0.4 is 16.6 Å². The number of rotatable bonds is 8. The molecule has 0 radical (unpaired) electrons. The molecule has 5 N–H and O–H groups in total. The number of benzene rings is 1. The minimum atomic E-state index is -0.639. The van der Waals surface area contributed by atoms with E-state index >= 15 is 0 Å². The minimum Gasteiger partial charge on any atom is -0.502 e. The van der Waals surface area contributed by atoms with Gasteiger partial charge in [-0.3, -0.25) is 14.6 Å². The van der Waals surface area contributed by atoms with Gasteiger partial charge in [-0.05, 0) is 43.7 Å². The normalized spacial score (nSPS) is 15.0. The lowest BCUT2D eigenvalue weighted by Gasteiger charge is -2.27. The van der Waals surface area contributed by atoms with E-state index in [1.807, 2.05) is 50.2 Å². The molecule has 0 spiro atoms. The number of hydrogen-bond acceptors (Lipinski definition) is 7. The van der Waals surface area contributed by atoms with Crippen molar-refractivity contribution in [2.75, 3.05) is 13.1 Å². The van der Waals surface area contributed by atoms with Gasteiger partial charge in [-0.25, -0.2) is 9.78 Å². The van der Waals surface area contributed by atoms with Crippen molar-refractivity contribution in [2.24, 2.45) is 5.73 Å². The van der Waals surface area contributed by atoms with E-state index in [4.69, 9.17) is 5.73 Å². The zero-order valence-electron chi connectivity index (χ0n) is 21.1. The molecule has 3 aromatic rings. The third-order valence-corrected chi connectivity index (χ3v) is 6.10. The third-order valence-electron chi connectivity index (χ3n) is 6.10. The fraction of sp³-hybridized carbons (Fsp3) is 0.296. The highest BCUT2D eigenvalue weighted by Gasteiger charge is 2.39. The van der Waals surface area contributed by atoms with Gasteiger partial charge in [-0.1, -0.05) is 24.0 Å². The van der Waals surface area contributed by atoms with Gasteiger partial charge in [0.05, 0.1) is 31.2 Å². The van der Waals surface area contributed by atoms with Crippen molar-refractivity contribution in [2.45, 2.75) is 39.0 Å². The molecule has 2 aromatic heterocycles. The molecule has 1 unspecified atom stereocenters. The number of nitrogens with zero attached hydrogens (tertiary/aromatic N) is 4. The van der Waals surface area contributed by atoms with E-state index in [2.05, 4.69) is 32.1 Å². The molecular weight excluding hydrogens is 486 g/mol. The van der Waals surface area contributed by atoms with Gasteiger partial charge < -0.3 is 30.9 Å². The van der Waals surface area contributed by atoms with Crippen molar-refractivity contribution in [3.05, 3.63) is 87.4 Å². The van der Waals surface area contributed by atoms with Crippen molar-refractivity contribution in [1.82, 2.24) is 30.1 Å². The van der Waals surface area contributed by atoms with Gasteiger partial charge >= 0.3 is 6.03 Å². The summed E-state index contributed by atoms with van der Waals surface area (Å²) in [5.41, 5.74) is 7.93. The number of urea groups is 1. The molecule has 0 bridgehead atoms. The van der Waals surface area contributed by atoms with Gasteiger partial charge in [0, 0.05) is 36.5 Å². The van der Waals surface area contributed by atoms with Crippen molar-refractivity contribution >= 4 is 11.9 Å². The summed E-state index contributed by atoms with van der Waals surface area (Å²) in [6, 6.07) is 11.0. The molecule has 3 amide bonds. The van der Waals surface area contributed by atoms with Gasteiger partial charge in [0.1, 0.15) is 5.69 Å². The number of aromatic amines is 1. The highest BCUT2D eigenvalue weighted by molar-refractivity contribution is 5.78. The van der Waals surface area contributed by atoms with Crippen molar-refractivity contribution in [3.63, 3.8) is 0 Å². The van der Waals surface area contributed by atoms with E-state index in [0.29, 0.717) is 13.1 Å². The Morgan fingerprint density at radius 3 is 2.53 bits per heavy atom. The zero-order chi connectivity index (χ0) is 27.2. The summed E-state index contributed by atoms with van der Waals surface area (Å²) >= 11 is 0. The molecule has 196 valence electrons. The van der Waals surface area contributed by atoms with Gasteiger partial charge in [0.25, 0.3) is 5.56 Å². The van der Waals surface area contributed by atoms with Crippen LogP contribution in [0.3, 0.4) is 0 Å². The number of primary amides is 1. The van der Waals surface area contributed by atoms with Crippen molar-refractivity contribution in [3.8, 4) is 17.6 Å². The standard InChI is InChI=1S/C27H29N7O4/c1-17(2)34-23(15-33(27(34)38)14-22-25(36)26(37)32-16-31-22)20-8-5-18(6-9-20)3-4-19-7-10-21(30-11-19)12-29-13-24(28)35/h5-11,16-17,23,29,36H,12-15H2,1-2H3,(H2,28,35)(H,31,32,37). The number of aromatic hydroxyl groups is 1. The molecule has 1 aromatic carbocycles. The zero-order valence-corrected chi connectivity index (χ0v) is 21.1. The van der Waals surface area contributed by atoms with E-state index in [-0.39, 0.29) is 36.9 Å². The molecule has 0 aliphatic carbocycles. The van der Waals surface area contributed by atoms with Crippen LogP contribution in [0.2, 0.25) is 0 Å². The molecule has 1 saturated heterocycles. The average molecular weight is 516 g/mol. The Kier molecular flexibility index (Phi) is 8.03. The molecule has 38 heavy (non-hydrogen) atoms. The number of amides is 3. The van der Waals surface area contributed by atoms with Crippen LogP contribution in [-0.2, 0) is 17.9 Å². The van der Waals surface area contributed by atoms with Crippen LogP contribution in [0.4, 0.5) is 4.79 Å². The number of carbonyl (C=O) groups excluding carboxylic acids is 2. The van der Waals surface area contributed by atoms with E-state index < -0.39 is 17.2 Å². The fourth-order valence-electron chi connectivity index (χ4n) is 4.23. The third kappa shape index (κ3) is 6.16. The maximum atomic E-state index is 13.2. The Morgan fingerprint density at radius 1 is 1.16 bits per heavy atom. The first-order valence-corrected chi connectivity index (χ1v) is 12.1. The van der Waals surface area contributed by atoms with E-state index in [9.17, 15) is 19.5 Å². The largest absolute Gasteiger partial charge is 0.502 e. The monoisotopic (exact) mass is 515 g/mol. The number of carbonyl (C=O) groups is 2. The lowest BCUT2D eigenvalue weighted by molar-refractivity contribution is -0.117. The highest BCUT2D eigenvalue weighted by Crippen LogP contribution is 2.32. The van der Waals surface area contributed by atoms with Crippen LogP contribution in [-0.4, -0.2) is 60.9 Å².